The SMILES string of the molecule is CC[C@H](C)[C@@H]1NC(=O)[C@H](CC(C)C)N(C)C(=O)C[C@@H](C(=O)N2CCCCC2)N(C)C(=O)[C@H](C2CCCC2)N(C)C(=O)CCCCNC(=O)[C@@H]2CCCN2C(=O)[C@H](CCc2ccc(C(F)(F)F)c(Cl)c2)NC(=O)CN(C)C(=O)[C@H](Cc2ccc(C)cc2)N(C)C(=O)[C@@H]2CCN2C(=O)[C@H](C)N(C)C1=O. The summed E-state index contributed by atoms with van der Waals surface area (Å²) in [7, 11) is 8.70. The summed E-state index contributed by atoms with van der Waals surface area (Å²) in [5, 5.41) is 8.01. The lowest BCUT2D eigenvalue weighted by Crippen LogP contribution is -2.65. The predicted octanol–water partition coefficient (Wildman–Crippen LogP) is 6.00. The average molecular weight is 1450 g/mol. The largest absolute Gasteiger partial charge is 0.417 e. The molecule has 5 fully saturated rings. The van der Waals surface area contributed by atoms with Crippen LogP contribution in [-0.2, 0) is 76.6 Å². The minimum absolute atomic E-state index is 0.0239. The van der Waals surface area contributed by atoms with Crippen molar-refractivity contribution in [3.8, 4) is 0 Å². The second-order valence-electron chi connectivity index (χ2n) is 29.3. The minimum atomic E-state index is -4.75. The fraction of sp³-hybridized carbons (Fsp3) is 0.676. The monoisotopic (exact) mass is 1450 g/mol. The highest BCUT2D eigenvalue weighted by Crippen LogP contribution is 2.36. The number of amides is 12. The van der Waals surface area contributed by atoms with E-state index in [2.05, 4.69) is 16.0 Å². The zero-order chi connectivity index (χ0) is 75.2. The van der Waals surface area contributed by atoms with Crippen LogP contribution in [0, 0.1) is 24.7 Å². The lowest BCUT2D eigenvalue weighted by Gasteiger charge is -2.45. The average Bonchev–Trinajstić information content (AvgIpc) is 1.01. The molecule has 0 aromatic heterocycles. The molecule has 28 heteroatoms. The van der Waals surface area contributed by atoms with E-state index in [4.69, 9.17) is 11.6 Å². The Bertz CT molecular complexity index is 3350. The van der Waals surface area contributed by atoms with Gasteiger partial charge in [-0.3, -0.25) is 57.5 Å². The quantitative estimate of drug-likeness (QED) is 0.234. The Balaban J connectivity index is 1.22. The van der Waals surface area contributed by atoms with E-state index in [1.807, 2.05) is 39.8 Å². The summed E-state index contributed by atoms with van der Waals surface area (Å²) in [5.41, 5.74) is 0.833. The van der Waals surface area contributed by atoms with E-state index >= 15 is 4.79 Å². The van der Waals surface area contributed by atoms with Crippen molar-refractivity contribution in [1.29, 1.82) is 0 Å². The maximum Gasteiger partial charge on any atom is 0.417 e. The third-order valence-corrected chi connectivity index (χ3v) is 21.9. The zero-order valence-electron chi connectivity index (χ0n) is 61.6. The maximum atomic E-state index is 15.3. The lowest BCUT2D eigenvalue weighted by atomic mass is 9.93. The summed E-state index contributed by atoms with van der Waals surface area (Å²) in [6, 6.07) is -0.186. The Kier molecular flexibility index (Phi) is 29.2. The highest BCUT2D eigenvalue weighted by atomic mass is 35.5. The van der Waals surface area contributed by atoms with Crippen molar-refractivity contribution in [3.05, 3.63) is 69.7 Å². The molecule has 0 spiro atoms. The number of fused-ring (bicyclic) bond motifs is 2. The number of likely N-dealkylation sites (tertiary alicyclic amines) is 1. The Labute approximate surface area is 603 Å². The molecular formula is C74H108ClF3N12O12. The van der Waals surface area contributed by atoms with Crippen LogP contribution in [0.3, 0.4) is 0 Å². The van der Waals surface area contributed by atoms with E-state index in [1.165, 1.54) is 82.5 Å². The maximum absolute atomic E-state index is 15.3. The Morgan fingerprint density at radius 3 is 1.87 bits per heavy atom. The van der Waals surface area contributed by atoms with Crippen molar-refractivity contribution in [3.63, 3.8) is 0 Å². The number of nitrogens with one attached hydrogen (secondary N) is 3. The molecule has 24 nitrogen and oxygen atoms in total. The smallest absolute Gasteiger partial charge is 0.354 e. The fourth-order valence-corrected chi connectivity index (χ4v) is 15.0. The van der Waals surface area contributed by atoms with Crippen molar-refractivity contribution < 1.29 is 70.7 Å². The number of benzene rings is 2. The van der Waals surface area contributed by atoms with E-state index in [9.17, 15) is 65.9 Å². The molecule has 0 bridgehead atoms. The van der Waals surface area contributed by atoms with Gasteiger partial charge in [-0.15, -0.1) is 0 Å². The van der Waals surface area contributed by atoms with E-state index < -0.39 is 155 Å². The number of alkyl halides is 3. The van der Waals surface area contributed by atoms with E-state index in [-0.39, 0.29) is 88.7 Å². The number of rotatable bonds is 11. The molecule has 4 heterocycles. The Morgan fingerprint density at radius 2 is 1.26 bits per heavy atom. The van der Waals surface area contributed by atoms with E-state index in [1.54, 1.807) is 31.0 Å². The molecule has 2 aromatic carbocycles. The number of halogens is 4. The number of carbonyl (C=O) groups is 12. The van der Waals surface area contributed by atoms with Gasteiger partial charge < -0.3 is 60.0 Å². The third-order valence-electron chi connectivity index (χ3n) is 21.6. The van der Waals surface area contributed by atoms with Crippen LogP contribution in [0.25, 0.3) is 0 Å². The number of aryl methyl sites for hydroxylation is 2. The normalized spacial score (nSPS) is 26.5. The molecule has 564 valence electrons. The molecule has 2 aromatic rings. The molecule has 0 unspecified atom stereocenters. The summed E-state index contributed by atoms with van der Waals surface area (Å²) in [6.45, 7) is 11.3. The second-order valence-corrected chi connectivity index (χ2v) is 29.7. The van der Waals surface area contributed by atoms with Crippen LogP contribution in [0.1, 0.15) is 166 Å². The first-order valence-electron chi connectivity index (χ1n) is 36.4. The van der Waals surface area contributed by atoms with Gasteiger partial charge >= 0.3 is 6.18 Å². The van der Waals surface area contributed by atoms with Gasteiger partial charge in [0.1, 0.15) is 54.4 Å². The van der Waals surface area contributed by atoms with Crippen LogP contribution in [0.4, 0.5) is 13.2 Å². The van der Waals surface area contributed by atoms with Crippen LogP contribution in [0.15, 0.2) is 42.5 Å². The third kappa shape index (κ3) is 20.3. The molecule has 7 rings (SSSR count). The molecule has 4 saturated heterocycles. The molecule has 0 radical (unpaired) electrons. The molecule has 3 N–H and O–H groups in total. The summed E-state index contributed by atoms with van der Waals surface area (Å²) >= 11 is 6.12. The van der Waals surface area contributed by atoms with E-state index in [0.29, 0.717) is 69.2 Å². The van der Waals surface area contributed by atoms with Crippen LogP contribution in [-0.4, -0.2) is 251 Å². The molecule has 10 atom stereocenters. The first kappa shape index (κ1) is 81.5. The van der Waals surface area contributed by atoms with Crippen LogP contribution < -0.4 is 16.0 Å². The van der Waals surface area contributed by atoms with Gasteiger partial charge in [-0.25, -0.2) is 0 Å². The fourth-order valence-electron chi connectivity index (χ4n) is 14.7. The van der Waals surface area contributed by atoms with Crippen LogP contribution in [0.5, 0.6) is 0 Å². The van der Waals surface area contributed by atoms with Gasteiger partial charge in [-0.2, -0.15) is 13.2 Å². The topological polar surface area (TPSA) is 270 Å². The molecule has 102 heavy (non-hydrogen) atoms. The van der Waals surface area contributed by atoms with Gasteiger partial charge in [0, 0.05) is 87.9 Å². The molecular weight excluding hydrogens is 1340 g/mol. The molecule has 5 aliphatic rings. The standard InChI is InChI=1S/C74H108ClF3N12O12/c1-13-47(5)63-72(101)83(8)48(6)67(96)90-39-34-56(90)70(99)85(10)58(42-50-28-26-46(4)27-29-50)69(98)82(7)44-60(91)80-54(33-31-49-30-32-52(53(75)41-49)74(76,77)78)68(97)89-38-21-24-55(89)65(94)79-35-18-17-25-61(92)87(12)64(51-22-15-16-23-51)73(102)86(11)59(71(100)88-36-19-14-20-37-88)43-62(93)84(9)57(40-45(2)3)66(95)81-63/h26-30,32,41,45,47-48,51,54-59,63-64H,13-25,31,33-40,42-44H2,1-12H3,(H,79,94)(H,80,91)(H,81,95)/t47-,48-,54-,55-,56-,57-,58-,59-,63-,64-/m0/s1. The number of piperidine rings is 1. The van der Waals surface area contributed by atoms with Gasteiger partial charge in [-0.1, -0.05) is 94.5 Å². The van der Waals surface area contributed by atoms with Gasteiger partial charge in [0.25, 0.3) is 0 Å². The second kappa shape index (κ2) is 36.5. The summed E-state index contributed by atoms with van der Waals surface area (Å²) in [6.07, 6.45) is 1.65. The summed E-state index contributed by atoms with van der Waals surface area (Å²) < 4.78 is 41.4. The van der Waals surface area contributed by atoms with Crippen LogP contribution in [0.2, 0.25) is 5.02 Å². The number of likely N-dealkylation sites (N-methyl/N-ethyl adjacent to an activating group) is 6. The highest BCUT2D eigenvalue weighted by Gasteiger charge is 2.48. The molecule has 1 saturated carbocycles. The van der Waals surface area contributed by atoms with Crippen LogP contribution >= 0.6 is 11.6 Å². The zero-order valence-corrected chi connectivity index (χ0v) is 62.3. The van der Waals surface area contributed by atoms with Gasteiger partial charge in [-0.05, 0) is 138 Å². The Morgan fingerprint density at radius 1 is 0.618 bits per heavy atom. The highest BCUT2D eigenvalue weighted by molar-refractivity contribution is 6.31. The summed E-state index contributed by atoms with van der Waals surface area (Å²) in [5.74, 6) is -8.01. The number of nitrogens with zero attached hydrogens (tertiary/aromatic N) is 9. The molecule has 1 aliphatic carbocycles. The first-order chi connectivity index (χ1) is 48.2. The van der Waals surface area contributed by atoms with Gasteiger partial charge in [0.15, 0.2) is 0 Å². The predicted molar refractivity (Wildman–Crippen MR) is 377 cm³/mol. The van der Waals surface area contributed by atoms with E-state index in [0.717, 1.165) is 41.9 Å². The number of hydrogen-bond acceptors (Lipinski definition) is 12. The van der Waals surface area contributed by atoms with Crippen molar-refractivity contribution in [2.24, 2.45) is 17.8 Å². The summed E-state index contributed by atoms with van der Waals surface area (Å²) in [4.78, 5) is 189. The van der Waals surface area contributed by atoms with Gasteiger partial charge in [0.05, 0.1) is 23.6 Å². The van der Waals surface area contributed by atoms with Crippen molar-refractivity contribution in [2.45, 2.75) is 224 Å². The van der Waals surface area contributed by atoms with Crippen molar-refractivity contribution >= 4 is 82.5 Å². The van der Waals surface area contributed by atoms with Gasteiger partial charge in [0.2, 0.25) is 70.9 Å². The number of carbonyl (C=O) groups excluding carboxylic acids is 12. The van der Waals surface area contributed by atoms with Crippen molar-refractivity contribution in [1.82, 2.24) is 60.0 Å². The minimum Gasteiger partial charge on any atom is -0.354 e. The number of hydrogen-bond donors (Lipinski definition) is 3. The molecule has 4 aliphatic heterocycles. The first-order valence-corrected chi connectivity index (χ1v) is 36.8. The lowest BCUT2D eigenvalue weighted by molar-refractivity contribution is -0.160. The molecule has 12 amide bonds. The Hall–Kier alpha value is -7.84. The van der Waals surface area contributed by atoms with Crippen molar-refractivity contribution in [2.75, 3.05) is 81.6 Å².